The molecule has 3 aromatic rings. The average Bonchev–Trinajstić information content (AvgIpc) is 2.72. The van der Waals surface area contributed by atoms with Crippen molar-refractivity contribution in [3.63, 3.8) is 0 Å². The van der Waals surface area contributed by atoms with Gasteiger partial charge in [-0.3, -0.25) is 9.78 Å². The van der Waals surface area contributed by atoms with Crippen LogP contribution in [0, 0.1) is 5.41 Å². The number of para-hydroxylation sites is 1. The molecule has 150 valence electrons. The number of carbonyl (C=O) groups excluding carboxylic acids is 1. The zero-order chi connectivity index (χ0) is 20.4. The quantitative estimate of drug-likeness (QED) is 0.627. The number of nitrogens with one attached hydrogen (secondary N) is 1. The summed E-state index contributed by atoms with van der Waals surface area (Å²) in [5.41, 5.74) is 1.39. The maximum absolute atomic E-state index is 13.6. The van der Waals surface area contributed by atoms with Crippen molar-refractivity contribution in [1.82, 2.24) is 19.9 Å². The van der Waals surface area contributed by atoms with Gasteiger partial charge >= 0.3 is 0 Å². The van der Waals surface area contributed by atoms with Gasteiger partial charge < -0.3 is 10.2 Å². The molecule has 7 heteroatoms. The van der Waals surface area contributed by atoms with Crippen molar-refractivity contribution >= 4 is 38.7 Å². The van der Waals surface area contributed by atoms with Crippen molar-refractivity contribution in [3.05, 3.63) is 59.0 Å². The lowest BCUT2D eigenvalue weighted by molar-refractivity contribution is 0.0321. The Balaban J connectivity index is 1.62. The maximum Gasteiger partial charge on any atom is 0.256 e. The lowest BCUT2D eigenvalue weighted by atomic mass is 9.76. The Kier molecular flexibility index (Phi) is 5.50. The van der Waals surface area contributed by atoms with Crippen molar-refractivity contribution in [2.75, 3.05) is 18.4 Å². The summed E-state index contributed by atoms with van der Waals surface area (Å²) in [6.45, 7) is 5.78. The predicted molar refractivity (Wildman–Crippen MR) is 118 cm³/mol. The van der Waals surface area contributed by atoms with Crippen LogP contribution >= 0.6 is 15.9 Å². The highest BCUT2D eigenvalue weighted by molar-refractivity contribution is 9.10. The summed E-state index contributed by atoms with van der Waals surface area (Å²) in [6.07, 6.45) is 7.22. The fourth-order valence-electron chi connectivity index (χ4n) is 4.10. The SMILES string of the molecule is CC1(C)CCCN(C(=O)c2cccc3cccnc23)C1CNc1ncc(Br)cn1. The average molecular weight is 454 g/mol. The van der Waals surface area contributed by atoms with Gasteiger partial charge in [-0.1, -0.05) is 32.0 Å². The summed E-state index contributed by atoms with van der Waals surface area (Å²) in [7, 11) is 0. The van der Waals surface area contributed by atoms with Crippen molar-refractivity contribution in [2.24, 2.45) is 5.41 Å². The number of nitrogens with zero attached hydrogens (tertiary/aromatic N) is 4. The number of amides is 1. The first-order valence-electron chi connectivity index (χ1n) is 9.82. The second-order valence-corrected chi connectivity index (χ2v) is 9.01. The Morgan fingerprint density at radius 2 is 1.97 bits per heavy atom. The van der Waals surface area contributed by atoms with Gasteiger partial charge in [0.25, 0.3) is 5.91 Å². The molecule has 1 aromatic carbocycles. The van der Waals surface area contributed by atoms with E-state index < -0.39 is 0 Å². The third-order valence-electron chi connectivity index (χ3n) is 5.70. The molecule has 1 saturated heterocycles. The molecule has 1 aliphatic rings. The molecule has 2 aromatic heterocycles. The summed E-state index contributed by atoms with van der Waals surface area (Å²) in [5, 5.41) is 4.30. The number of halogens is 1. The second kappa shape index (κ2) is 8.06. The molecule has 3 heterocycles. The zero-order valence-electron chi connectivity index (χ0n) is 16.6. The molecule has 1 aliphatic heterocycles. The Labute approximate surface area is 178 Å². The molecule has 0 bridgehead atoms. The summed E-state index contributed by atoms with van der Waals surface area (Å²) in [4.78, 5) is 28.7. The van der Waals surface area contributed by atoms with Crippen molar-refractivity contribution in [3.8, 4) is 0 Å². The van der Waals surface area contributed by atoms with E-state index in [-0.39, 0.29) is 17.4 Å². The normalized spacial score (nSPS) is 18.6. The van der Waals surface area contributed by atoms with Gasteiger partial charge in [-0.25, -0.2) is 9.97 Å². The van der Waals surface area contributed by atoms with Gasteiger partial charge in [-0.2, -0.15) is 0 Å². The monoisotopic (exact) mass is 453 g/mol. The van der Waals surface area contributed by atoms with Gasteiger partial charge in [0.2, 0.25) is 5.95 Å². The van der Waals surface area contributed by atoms with E-state index in [1.54, 1.807) is 18.6 Å². The van der Waals surface area contributed by atoms with Gasteiger partial charge in [0.05, 0.1) is 21.6 Å². The minimum Gasteiger partial charge on any atom is -0.352 e. The summed E-state index contributed by atoms with van der Waals surface area (Å²) in [5.74, 6) is 0.597. The van der Waals surface area contributed by atoms with E-state index in [0.717, 1.165) is 34.8 Å². The Morgan fingerprint density at radius 3 is 2.76 bits per heavy atom. The molecule has 0 radical (unpaired) electrons. The number of fused-ring (bicyclic) bond motifs is 1. The number of likely N-dealkylation sites (tertiary alicyclic amines) is 1. The Morgan fingerprint density at radius 1 is 1.21 bits per heavy atom. The first-order chi connectivity index (χ1) is 14.0. The fourth-order valence-corrected chi connectivity index (χ4v) is 4.31. The zero-order valence-corrected chi connectivity index (χ0v) is 18.2. The molecule has 0 saturated carbocycles. The molecule has 0 spiro atoms. The van der Waals surface area contributed by atoms with Gasteiger partial charge in [0, 0.05) is 37.1 Å². The number of hydrogen-bond acceptors (Lipinski definition) is 5. The van der Waals surface area contributed by atoms with Gasteiger partial charge in [-0.05, 0) is 46.3 Å². The minimum atomic E-state index is -0.0196. The molecular weight excluding hydrogens is 430 g/mol. The predicted octanol–water partition coefficient (Wildman–Crippen LogP) is 4.53. The maximum atomic E-state index is 13.6. The van der Waals surface area contributed by atoms with E-state index in [2.05, 4.69) is 50.0 Å². The van der Waals surface area contributed by atoms with Crippen LogP contribution in [0.4, 0.5) is 5.95 Å². The van der Waals surface area contributed by atoms with Gasteiger partial charge in [0.15, 0.2) is 0 Å². The summed E-state index contributed by atoms with van der Waals surface area (Å²) >= 11 is 3.35. The number of pyridine rings is 1. The standard InChI is InChI=1S/C22H24BrN5O/c1-22(2)9-5-11-28(18(22)14-27-21-25-12-16(23)13-26-21)20(29)17-8-3-6-15-7-4-10-24-19(15)17/h3-4,6-8,10,12-13,18H,5,9,11,14H2,1-2H3,(H,25,26,27). The van der Waals surface area contributed by atoms with E-state index in [1.165, 1.54) is 0 Å². The highest BCUT2D eigenvalue weighted by atomic mass is 79.9. The topological polar surface area (TPSA) is 71.0 Å². The highest BCUT2D eigenvalue weighted by Gasteiger charge is 2.40. The number of rotatable bonds is 4. The van der Waals surface area contributed by atoms with Crippen LogP contribution in [0.2, 0.25) is 0 Å². The van der Waals surface area contributed by atoms with E-state index in [0.29, 0.717) is 18.1 Å². The molecule has 0 aliphatic carbocycles. The molecule has 4 rings (SSSR count). The first-order valence-corrected chi connectivity index (χ1v) is 10.6. The van der Waals surface area contributed by atoms with Crippen LogP contribution in [0.25, 0.3) is 10.9 Å². The summed E-state index contributed by atoms with van der Waals surface area (Å²) < 4.78 is 0.835. The molecule has 1 amide bonds. The molecule has 1 unspecified atom stereocenters. The van der Waals surface area contributed by atoms with Crippen molar-refractivity contribution in [2.45, 2.75) is 32.7 Å². The molecule has 1 fully saturated rings. The second-order valence-electron chi connectivity index (χ2n) is 8.09. The largest absolute Gasteiger partial charge is 0.352 e. The van der Waals surface area contributed by atoms with Crippen molar-refractivity contribution in [1.29, 1.82) is 0 Å². The molecular formula is C22H24BrN5O. The number of benzene rings is 1. The van der Waals surface area contributed by atoms with E-state index in [9.17, 15) is 4.79 Å². The summed E-state index contributed by atoms with van der Waals surface area (Å²) in [6, 6.07) is 9.70. The van der Waals surface area contributed by atoms with E-state index >= 15 is 0 Å². The number of hydrogen-bond donors (Lipinski definition) is 1. The lowest BCUT2D eigenvalue weighted by Gasteiger charge is -2.46. The first kappa shape index (κ1) is 19.8. The molecule has 29 heavy (non-hydrogen) atoms. The Hall–Kier alpha value is -2.54. The van der Waals surface area contributed by atoms with Crippen LogP contribution in [-0.2, 0) is 0 Å². The van der Waals surface area contributed by atoms with Gasteiger partial charge in [-0.15, -0.1) is 0 Å². The minimum absolute atomic E-state index is 0.0196. The molecule has 1 N–H and O–H groups in total. The van der Waals surface area contributed by atoms with Crippen LogP contribution in [0.5, 0.6) is 0 Å². The third kappa shape index (κ3) is 4.10. The number of anilines is 1. The van der Waals surface area contributed by atoms with Crippen LogP contribution < -0.4 is 5.32 Å². The smallest absolute Gasteiger partial charge is 0.256 e. The number of aromatic nitrogens is 3. The van der Waals surface area contributed by atoms with Gasteiger partial charge in [0.1, 0.15) is 0 Å². The molecule has 6 nitrogen and oxygen atoms in total. The van der Waals surface area contributed by atoms with Crippen LogP contribution in [0.3, 0.4) is 0 Å². The lowest BCUT2D eigenvalue weighted by Crippen LogP contribution is -2.55. The third-order valence-corrected chi connectivity index (χ3v) is 6.11. The highest BCUT2D eigenvalue weighted by Crippen LogP contribution is 2.36. The van der Waals surface area contributed by atoms with Crippen LogP contribution in [-0.4, -0.2) is 44.9 Å². The van der Waals surface area contributed by atoms with Crippen LogP contribution in [0.15, 0.2) is 53.4 Å². The van der Waals surface area contributed by atoms with E-state index in [1.807, 2.05) is 35.2 Å². The van der Waals surface area contributed by atoms with E-state index in [4.69, 9.17) is 0 Å². The van der Waals surface area contributed by atoms with Crippen molar-refractivity contribution < 1.29 is 4.79 Å². The number of piperidine rings is 1. The fraction of sp³-hybridized carbons (Fsp3) is 0.364. The Bertz CT molecular complexity index is 1020. The molecule has 1 atom stereocenters. The van der Waals surface area contributed by atoms with Crippen LogP contribution in [0.1, 0.15) is 37.0 Å². The number of carbonyl (C=O) groups is 1.